The van der Waals surface area contributed by atoms with Gasteiger partial charge in [0.1, 0.15) is 18.2 Å². The molecule has 1 saturated heterocycles. The quantitative estimate of drug-likeness (QED) is 0.409. The van der Waals surface area contributed by atoms with Crippen LogP contribution in [0.5, 0.6) is 6.01 Å². The van der Waals surface area contributed by atoms with Crippen molar-refractivity contribution < 1.29 is 18.7 Å². The maximum absolute atomic E-state index is 13.6. The van der Waals surface area contributed by atoms with Crippen molar-refractivity contribution >= 4 is 45.6 Å². The van der Waals surface area contributed by atoms with E-state index in [1.165, 1.54) is 18.2 Å². The first-order chi connectivity index (χ1) is 16.9. The van der Waals surface area contributed by atoms with Crippen LogP contribution in [0.15, 0.2) is 48.6 Å². The summed E-state index contributed by atoms with van der Waals surface area (Å²) in [5.74, 6) is -0.333. The molecule has 35 heavy (non-hydrogen) atoms. The van der Waals surface area contributed by atoms with Gasteiger partial charge < -0.3 is 25.0 Å². The SMILES string of the molecule is CN(C)C/C=C/C(=O)Nc1ccc2nc(OC[C@H]3CCCO3)nc(Nc3ccc(F)c(Cl)c3)c2c1. The van der Waals surface area contributed by atoms with Gasteiger partial charge in [-0.3, -0.25) is 4.79 Å². The van der Waals surface area contributed by atoms with Crippen molar-refractivity contribution in [3.63, 3.8) is 0 Å². The van der Waals surface area contributed by atoms with Crippen LogP contribution in [-0.2, 0) is 9.53 Å². The molecular formula is C25H27ClFN5O3. The number of hydrogen-bond acceptors (Lipinski definition) is 7. The molecule has 1 atom stereocenters. The molecule has 2 heterocycles. The first-order valence-electron chi connectivity index (χ1n) is 11.3. The van der Waals surface area contributed by atoms with Crippen LogP contribution < -0.4 is 15.4 Å². The molecule has 10 heteroatoms. The predicted octanol–water partition coefficient (Wildman–Crippen LogP) is 4.78. The Hall–Kier alpha value is -3.27. The fourth-order valence-corrected chi connectivity index (χ4v) is 3.73. The third kappa shape index (κ3) is 6.88. The molecule has 2 N–H and O–H groups in total. The molecule has 4 rings (SSSR count). The van der Waals surface area contributed by atoms with E-state index in [4.69, 9.17) is 21.1 Å². The molecule has 0 saturated carbocycles. The highest BCUT2D eigenvalue weighted by Gasteiger charge is 2.18. The monoisotopic (exact) mass is 499 g/mol. The lowest BCUT2D eigenvalue weighted by Crippen LogP contribution is -2.17. The first kappa shape index (κ1) is 24.8. The standard InChI is InChI=1S/C25H27ClFN5O3/c1-32(2)11-3-6-23(33)28-16-8-10-22-19(13-16)24(29-17-7-9-21(27)20(26)14-17)31-25(30-22)35-15-18-5-4-12-34-18/h3,6-10,13-14,18H,4-5,11-12,15H2,1-2H3,(H,28,33)(H,29,30,31)/b6-3+/t18-/m1/s1. The van der Waals surface area contributed by atoms with E-state index in [0.717, 1.165) is 19.4 Å². The van der Waals surface area contributed by atoms with Gasteiger partial charge in [-0.05, 0) is 63.3 Å². The topological polar surface area (TPSA) is 88.6 Å². The number of nitrogens with zero attached hydrogens (tertiary/aromatic N) is 3. The third-order valence-corrected chi connectivity index (χ3v) is 5.58. The van der Waals surface area contributed by atoms with E-state index in [9.17, 15) is 9.18 Å². The van der Waals surface area contributed by atoms with Gasteiger partial charge in [0.15, 0.2) is 0 Å². The fraction of sp³-hybridized carbons (Fsp3) is 0.320. The first-order valence-corrected chi connectivity index (χ1v) is 11.7. The Labute approximate surface area is 208 Å². The average Bonchev–Trinajstić information content (AvgIpc) is 3.34. The van der Waals surface area contributed by atoms with Gasteiger partial charge in [0.25, 0.3) is 0 Å². The summed E-state index contributed by atoms with van der Waals surface area (Å²) in [7, 11) is 3.85. The molecule has 184 valence electrons. The van der Waals surface area contributed by atoms with Crippen molar-refractivity contribution in [3.05, 3.63) is 59.4 Å². The van der Waals surface area contributed by atoms with Crippen LogP contribution in [0.1, 0.15) is 12.8 Å². The second-order valence-electron chi connectivity index (χ2n) is 8.44. The number of benzene rings is 2. The van der Waals surface area contributed by atoms with Crippen LogP contribution in [0, 0.1) is 5.82 Å². The summed E-state index contributed by atoms with van der Waals surface area (Å²) >= 11 is 5.95. The molecule has 0 unspecified atom stereocenters. The predicted molar refractivity (Wildman–Crippen MR) is 135 cm³/mol. The number of rotatable bonds is 9. The summed E-state index contributed by atoms with van der Waals surface area (Å²) in [6.45, 7) is 1.73. The summed E-state index contributed by atoms with van der Waals surface area (Å²) in [6.07, 6.45) is 5.22. The van der Waals surface area contributed by atoms with E-state index in [1.54, 1.807) is 30.3 Å². The van der Waals surface area contributed by atoms with E-state index in [-0.39, 0.29) is 23.0 Å². The summed E-state index contributed by atoms with van der Waals surface area (Å²) < 4.78 is 25.1. The Morgan fingerprint density at radius 3 is 2.83 bits per heavy atom. The number of anilines is 3. The molecule has 0 aliphatic carbocycles. The Balaban J connectivity index is 1.62. The molecule has 0 radical (unpaired) electrons. The smallest absolute Gasteiger partial charge is 0.319 e. The van der Waals surface area contributed by atoms with Gasteiger partial charge in [0, 0.05) is 36.0 Å². The second kappa shape index (κ2) is 11.4. The molecule has 8 nitrogen and oxygen atoms in total. The van der Waals surface area contributed by atoms with Crippen molar-refractivity contribution in [2.24, 2.45) is 0 Å². The van der Waals surface area contributed by atoms with Crippen LogP contribution in [0.3, 0.4) is 0 Å². The number of hydrogen-bond donors (Lipinski definition) is 2. The molecule has 0 spiro atoms. The van der Waals surface area contributed by atoms with Gasteiger partial charge in [-0.15, -0.1) is 0 Å². The number of aromatic nitrogens is 2. The van der Waals surface area contributed by atoms with Crippen LogP contribution in [0.2, 0.25) is 5.02 Å². The molecule has 0 bridgehead atoms. The van der Waals surface area contributed by atoms with Crippen molar-refractivity contribution in [2.45, 2.75) is 18.9 Å². The summed E-state index contributed by atoms with van der Waals surface area (Å²) in [6, 6.07) is 9.79. The van der Waals surface area contributed by atoms with Crippen LogP contribution >= 0.6 is 11.6 Å². The summed E-state index contributed by atoms with van der Waals surface area (Å²) in [5.41, 5.74) is 1.73. The Kier molecular flexibility index (Phi) is 8.12. The van der Waals surface area contributed by atoms with Gasteiger partial charge in [-0.2, -0.15) is 9.97 Å². The van der Waals surface area contributed by atoms with E-state index in [2.05, 4.69) is 20.6 Å². The lowest BCUT2D eigenvalue weighted by Gasteiger charge is -2.14. The fourth-order valence-electron chi connectivity index (χ4n) is 3.55. The Morgan fingerprint density at radius 1 is 1.26 bits per heavy atom. The number of carbonyl (C=O) groups is 1. The van der Waals surface area contributed by atoms with E-state index in [1.807, 2.05) is 19.0 Å². The van der Waals surface area contributed by atoms with Gasteiger partial charge >= 0.3 is 6.01 Å². The minimum absolute atomic E-state index is 0.0133. The highest BCUT2D eigenvalue weighted by molar-refractivity contribution is 6.31. The maximum Gasteiger partial charge on any atom is 0.319 e. The van der Waals surface area contributed by atoms with Crippen molar-refractivity contribution in [1.82, 2.24) is 14.9 Å². The number of fused-ring (bicyclic) bond motifs is 1. The Morgan fingerprint density at radius 2 is 2.09 bits per heavy atom. The zero-order valence-electron chi connectivity index (χ0n) is 19.6. The van der Waals surface area contributed by atoms with Crippen LogP contribution in [0.25, 0.3) is 10.9 Å². The second-order valence-corrected chi connectivity index (χ2v) is 8.85. The summed E-state index contributed by atoms with van der Waals surface area (Å²) in [5, 5.41) is 6.64. The molecule has 1 aliphatic rings. The molecule has 1 amide bonds. The van der Waals surface area contributed by atoms with Crippen LogP contribution in [-0.4, -0.2) is 60.7 Å². The van der Waals surface area contributed by atoms with Crippen molar-refractivity contribution in [1.29, 1.82) is 0 Å². The Bertz CT molecular complexity index is 1230. The third-order valence-electron chi connectivity index (χ3n) is 5.29. The average molecular weight is 500 g/mol. The van der Waals surface area contributed by atoms with Crippen molar-refractivity contribution in [3.8, 4) is 6.01 Å². The number of carbonyl (C=O) groups excluding carboxylic acids is 1. The number of ether oxygens (including phenoxy) is 2. The number of amides is 1. The zero-order valence-corrected chi connectivity index (χ0v) is 20.3. The molecule has 2 aromatic carbocycles. The van der Waals surface area contributed by atoms with Gasteiger partial charge in [0.2, 0.25) is 5.91 Å². The van der Waals surface area contributed by atoms with E-state index < -0.39 is 5.82 Å². The molecule has 1 aliphatic heterocycles. The largest absolute Gasteiger partial charge is 0.461 e. The molecule has 1 fully saturated rings. The zero-order chi connectivity index (χ0) is 24.8. The lowest BCUT2D eigenvalue weighted by molar-refractivity contribution is -0.111. The number of likely N-dealkylation sites (N-methyl/N-ethyl adjacent to an activating group) is 1. The minimum Gasteiger partial charge on any atom is -0.461 e. The molecular weight excluding hydrogens is 473 g/mol. The molecule has 3 aromatic rings. The highest BCUT2D eigenvalue weighted by Crippen LogP contribution is 2.30. The lowest BCUT2D eigenvalue weighted by atomic mass is 10.2. The van der Waals surface area contributed by atoms with Gasteiger partial charge in [-0.25, -0.2) is 4.39 Å². The van der Waals surface area contributed by atoms with Crippen molar-refractivity contribution in [2.75, 3.05) is 44.5 Å². The van der Waals surface area contributed by atoms with Gasteiger partial charge in [0.05, 0.1) is 16.6 Å². The maximum atomic E-state index is 13.6. The van der Waals surface area contributed by atoms with E-state index >= 15 is 0 Å². The van der Waals surface area contributed by atoms with Gasteiger partial charge in [-0.1, -0.05) is 17.7 Å². The normalized spacial score (nSPS) is 15.7. The molecule has 1 aromatic heterocycles. The number of nitrogens with one attached hydrogen (secondary N) is 2. The van der Waals surface area contributed by atoms with Crippen LogP contribution in [0.4, 0.5) is 21.6 Å². The number of halogens is 2. The minimum atomic E-state index is -0.516. The van der Waals surface area contributed by atoms with E-state index in [0.29, 0.717) is 41.2 Å². The highest BCUT2D eigenvalue weighted by atomic mass is 35.5. The summed E-state index contributed by atoms with van der Waals surface area (Å²) in [4.78, 5) is 23.3.